The molecule has 0 saturated carbocycles. The molecule has 1 aliphatic rings. The summed E-state index contributed by atoms with van der Waals surface area (Å²) < 4.78 is 55.0. The maximum atomic E-state index is 13.5. The SMILES string of the molecule is CC(=O)OCC1O[C@@H](Oc2cc(OC(C)=O)c3c(=O)cc(-c4ccc(OC(C)=O)c(OC(C)=O)c4)oc3c2)C(OC(C)=O)[C@@H](OC(C)=O)[C@@H]1OC(C)=O. The van der Waals surface area contributed by atoms with E-state index in [-0.39, 0.29) is 45.3 Å². The van der Waals surface area contributed by atoms with Crippen molar-refractivity contribution in [2.75, 3.05) is 6.61 Å². The minimum Gasteiger partial charge on any atom is -0.463 e. The summed E-state index contributed by atoms with van der Waals surface area (Å²) in [4.78, 5) is 97.2. The molecule has 2 heterocycles. The second-order valence-electron chi connectivity index (χ2n) is 11.4. The van der Waals surface area contributed by atoms with Crippen LogP contribution >= 0.6 is 0 Å². The highest BCUT2D eigenvalue weighted by molar-refractivity contribution is 5.89. The number of hydrogen-bond acceptors (Lipinski definition) is 18. The van der Waals surface area contributed by atoms with E-state index in [4.69, 9.17) is 47.0 Å². The van der Waals surface area contributed by atoms with E-state index in [2.05, 4.69) is 0 Å². The van der Waals surface area contributed by atoms with Crippen LogP contribution in [0, 0.1) is 0 Å². The third-order valence-corrected chi connectivity index (χ3v) is 6.96. The zero-order valence-corrected chi connectivity index (χ0v) is 29.4. The van der Waals surface area contributed by atoms with Gasteiger partial charge in [0.2, 0.25) is 12.4 Å². The number of carbonyl (C=O) groups excluding carboxylic acids is 7. The van der Waals surface area contributed by atoms with Crippen molar-refractivity contribution >= 4 is 52.8 Å². The van der Waals surface area contributed by atoms with E-state index in [0.717, 1.165) is 60.6 Å². The van der Waals surface area contributed by atoms with Crippen LogP contribution in [0.25, 0.3) is 22.3 Å². The van der Waals surface area contributed by atoms with E-state index < -0.39 is 84.5 Å². The molecule has 1 saturated heterocycles. The van der Waals surface area contributed by atoms with E-state index in [1.807, 2.05) is 0 Å². The van der Waals surface area contributed by atoms with Gasteiger partial charge < -0.3 is 47.0 Å². The Balaban J connectivity index is 1.87. The predicted molar refractivity (Wildman–Crippen MR) is 174 cm³/mol. The van der Waals surface area contributed by atoms with E-state index >= 15 is 0 Å². The van der Waals surface area contributed by atoms with E-state index in [0.29, 0.717) is 0 Å². The second-order valence-corrected chi connectivity index (χ2v) is 11.4. The van der Waals surface area contributed by atoms with Crippen LogP contribution in [0.15, 0.2) is 45.6 Å². The molecular formula is C35H34O18. The molecule has 0 radical (unpaired) electrons. The number of carbonyl (C=O) groups is 7. The predicted octanol–water partition coefficient (Wildman–Crippen LogP) is 2.70. The minimum atomic E-state index is -1.69. The van der Waals surface area contributed by atoms with Gasteiger partial charge in [0, 0.05) is 72.2 Å². The number of hydrogen-bond donors (Lipinski definition) is 0. The molecule has 0 amide bonds. The summed E-state index contributed by atoms with van der Waals surface area (Å²) in [5.41, 5.74) is -0.699. The molecule has 1 aliphatic heterocycles. The number of ether oxygens (including phenoxy) is 9. The lowest BCUT2D eigenvalue weighted by Crippen LogP contribution is -2.63. The smallest absolute Gasteiger partial charge is 0.308 e. The fourth-order valence-corrected chi connectivity index (χ4v) is 5.23. The van der Waals surface area contributed by atoms with E-state index in [9.17, 15) is 38.4 Å². The van der Waals surface area contributed by atoms with Crippen molar-refractivity contribution in [2.24, 2.45) is 0 Å². The maximum Gasteiger partial charge on any atom is 0.308 e. The van der Waals surface area contributed by atoms with Gasteiger partial charge in [0.05, 0.1) is 0 Å². The molecule has 2 aromatic carbocycles. The monoisotopic (exact) mass is 742 g/mol. The molecule has 0 aliphatic carbocycles. The van der Waals surface area contributed by atoms with E-state index in [1.54, 1.807) is 0 Å². The molecule has 4 rings (SSSR count). The van der Waals surface area contributed by atoms with Gasteiger partial charge >= 0.3 is 41.8 Å². The van der Waals surface area contributed by atoms with Crippen LogP contribution in [0.1, 0.15) is 48.5 Å². The van der Waals surface area contributed by atoms with E-state index in [1.165, 1.54) is 24.3 Å². The van der Waals surface area contributed by atoms with Crippen LogP contribution in [0.4, 0.5) is 0 Å². The lowest BCUT2D eigenvalue weighted by atomic mass is 9.98. The van der Waals surface area contributed by atoms with Crippen LogP contribution < -0.4 is 24.4 Å². The first-order valence-electron chi connectivity index (χ1n) is 15.7. The maximum absolute atomic E-state index is 13.5. The van der Waals surface area contributed by atoms with Gasteiger partial charge in [-0.3, -0.25) is 38.4 Å². The van der Waals surface area contributed by atoms with Gasteiger partial charge in [0.25, 0.3) is 0 Å². The summed E-state index contributed by atoms with van der Waals surface area (Å²) in [6.45, 7) is 7.10. The summed E-state index contributed by atoms with van der Waals surface area (Å²) in [7, 11) is 0. The Morgan fingerprint density at radius 2 is 1.17 bits per heavy atom. The number of fused-ring (bicyclic) bond motifs is 1. The standard InChI is InChI=1S/C35H34O18/c1-15(36)44-14-30-32(48-19(5)40)33(49-20(6)41)34(50-21(7)42)35(53-30)51-23-11-28(47-18(4)39)31-24(43)13-26(52-29(31)12-23)22-8-9-25(45-16(2)37)27(10-22)46-17(3)38/h8-13,30,32-35H,14H2,1-7H3/t30?,32-,33+,34?,35-/m1/s1. The average molecular weight is 743 g/mol. The first kappa shape index (κ1) is 39.5. The molecule has 53 heavy (non-hydrogen) atoms. The summed E-state index contributed by atoms with van der Waals surface area (Å²) in [6, 6.07) is 7.44. The van der Waals surface area contributed by atoms with Crippen molar-refractivity contribution in [1.29, 1.82) is 0 Å². The number of esters is 7. The van der Waals surface area contributed by atoms with Gasteiger partial charge in [0.1, 0.15) is 40.9 Å². The molecule has 2 unspecified atom stereocenters. The van der Waals surface area contributed by atoms with Crippen LogP contribution in [0.5, 0.6) is 23.0 Å². The Morgan fingerprint density at radius 1 is 0.604 bits per heavy atom. The molecular weight excluding hydrogens is 708 g/mol. The molecule has 1 aromatic heterocycles. The zero-order valence-electron chi connectivity index (χ0n) is 29.4. The molecule has 3 aromatic rings. The Morgan fingerprint density at radius 3 is 1.75 bits per heavy atom. The van der Waals surface area contributed by atoms with Crippen molar-refractivity contribution < 1.29 is 80.6 Å². The second kappa shape index (κ2) is 16.8. The van der Waals surface area contributed by atoms with Gasteiger partial charge in [-0.05, 0) is 18.2 Å². The highest BCUT2D eigenvalue weighted by Crippen LogP contribution is 2.38. The first-order valence-corrected chi connectivity index (χ1v) is 15.7. The topological polar surface area (TPSA) is 233 Å². The zero-order chi connectivity index (χ0) is 39.1. The average Bonchev–Trinajstić information content (AvgIpc) is 3.02. The molecule has 18 heteroatoms. The Hall–Kier alpha value is -6.30. The van der Waals surface area contributed by atoms with Gasteiger partial charge in [-0.2, -0.15) is 0 Å². The molecule has 0 spiro atoms. The fraction of sp³-hybridized carbons (Fsp3) is 0.371. The van der Waals surface area contributed by atoms with Crippen molar-refractivity contribution in [2.45, 2.75) is 79.2 Å². The number of rotatable bonds is 11. The van der Waals surface area contributed by atoms with Crippen molar-refractivity contribution in [1.82, 2.24) is 0 Å². The van der Waals surface area contributed by atoms with Crippen molar-refractivity contribution in [3.05, 3.63) is 46.6 Å². The lowest BCUT2D eigenvalue weighted by molar-refractivity contribution is -0.288. The lowest BCUT2D eigenvalue weighted by Gasteiger charge is -2.43. The third-order valence-electron chi connectivity index (χ3n) is 6.96. The molecule has 5 atom stereocenters. The molecule has 1 fully saturated rings. The molecule has 18 nitrogen and oxygen atoms in total. The largest absolute Gasteiger partial charge is 0.463 e. The summed E-state index contributed by atoms with van der Waals surface area (Å²) in [6.07, 6.45) is -7.66. The van der Waals surface area contributed by atoms with Crippen LogP contribution in [-0.2, 0) is 57.2 Å². The molecule has 0 N–H and O–H groups in total. The minimum absolute atomic E-state index is 0.0801. The highest BCUT2D eigenvalue weighted by Gasteiger charge is 2.53. The fourth-order valence-electron chi connectivity index (χ4n) is 5.23. The Labute approximate surface area is 300 Å². The van der Waals surface area contributed by atoms with Gasteiger partial charge in [-0.25, -0.2) is 0 Å². The Bertz CT molecular complexity index is 2010. The van der Waals surface area contributed by atoms with Crippen LogP contribution in [0.3, 0.4) is 0 Å². The van der Waals surface area contributed by atoms with Gasteiger partial charge in [0.15, 0.2) is 29.1 Å². The summed E-state index contributed by atoms with van der Waals surface area (Å²) in [5.74, 6) is -6.42. The first-order chi connectivity index (χ1) is 24.9. The van der Waals surface area contributed by atoms with Gasteiger partial charge in [-0.15, -0.1) is 0 Å². The van der Waals surface area contributed by atoms with Crippen molar-refractivity contribution in [3.63, 3.8) is 0 Å². The molecule has 0 bridgehead atoms. The van der Waals surface area contributed by atoms with Crippen molar-refractivity contribution in [3.8, 4) is 34.3 Å². The number of benzene rings is 2. The van der Waals surface area contributed by atoms with Gasteiger partial charge in [-0.1, -0.05) is 0 Å². The Kier molecular flexibility index (Phi) is 12.5. The normalized spacial score (nSPS) is 19.3. The van der Waals surface area contributed by atoms with Crippen LogP contribution in [0.2, 0.25) is 0 Å². The molecule has 282 valence electrons. The third kappa shape index (κ3) is 10.4. The highest BCUT2D eigenvalue weighted by atomic mass is 16.7. The summed E-state index contributed by atoms with van der Waals surface area (Å²) in [5, 5.41) is -0.199. The quantitative estimate of drug-likeness (QED) is 0.156. The summed E-state index contributed by atoms with van der Waals surface area (Å²) >= 11 is 0. The van der Waals surface area contributed by atoms with Crippen LogP contribution in [-0.4, -0.2) is 79.1 Å².